The van der Waals surface area contributed by atoms with Gasteiger partial charge >= 0.3 is 0 Å². The van der Waals surface area contributed by atoms with Crippen molar-refractivity contribution < 1.29 is 14.6 Å². The highest BCUT2D eigenvalue weighted by Crippen LogP contribution is 1.73. The molecule has 0 bridgehead atoms. The lowest BCUT2D eigenvalue weighted by molar-refractivity contribution is -0.148. The van der Waals surface area contributed by atoms with Gasteiger partial charge in [-0.1, -0.05) is 0 Å². The Kier molecular flexibility index (Phi) is 2.40. The molecule has 0 aliphatic heterocycles. The fraction of sp³-hybridized carbons (Fsp3) is 0.667. The van der Waals surface area contributed by atoms with E-state index in [0.717, 1.165) is 0 Å². The molecule has 0 aliphatic rings. The maximum Gasteiger partial charge on any atom is 0.295 e. The van der Waals surface area contributed by atoms with E-state index in [0.29, 0.717) is 0 Å². The van der Waals surface area contributed by atoms with Gasteiger partial charge in [-0.05, 0) is 6.92 Å². The van der Waals surface area contributed by atoms with Crippen molar-refractivity contribution in [2.45, 2.75) is 13.2 Å². The third-order valence-corrected chi connectivity index (χ3v) is 0.252. The average Bonchev–Trinajstić information content (AvgIpc) is 1.35. The lowest BCUT2D eigenvalue weighted by atomic mass is 10.8. The minimum atomic E-state index is -0.970. The van der Waals surface area contributed by atoms with E-state index >= 15 is 0 Å². The van der Waals surface area contributed by atoms with Crippen LogP contribution in [-0.2, 0) is 9.53 Å². The second-order valence-electron chi connectivity index (χ2n) is 0.832. The number of carbonyl (C=O) groups excluding carboxylic acids is 1. The largest absolute Gasteiger partial charge is 0.438 e. The zero-order chi connectivity index (χ0) is 4.99. The highest BCUT2D eigenvalue weighted by molar-refractivity contribution is 5.36. The molecule has 0 unspecified atom stereocenters. The molecule has 0 aromatic carbocycles. The van der Waals surface area contributed by atoms with Crippen molar-refractivity contribution in [3.63, 3.8) is 0 Å². The van der Waals surface area contributed by atoms with Gasteiger partial charge in [-0.15, -0.1) is 0 Å². The van der Waals surface area contributed by atoms with Gasteiger partial charge in [0.25, 0.3) is 6.47 Å². The van der Waals surface area contributed by atoms with Gasteiger partial charge in [0.2, 0.25) is 0 Å². The lowest BCUT2D eigenvalue weighted by Gasteiger charge is -1.95. The number of hydrogen-bond acceptors (Lipinski definition) is 3. The molecule has 3 nitrogen and oxygen atoms in total. The summed E-state index contributed by atoms with van der Waals surface area (Å²) in [5.74, 6) is 0. The molecule has 0 amide bonds. The van der Waals surface area contributed by atoms with Crippen LogP contribution in [0, 0.1) is 0 Å². The summed E-state index contributed by atoms with van der Waals surface area (Å²) in [7, 11) is 0. The van der Waals surface area contributed by atoms with E-state index in [1.54, 1.807) is 0 Å². The quantitative estimate of drug-likeness (QED) is 0.367. The summed E-state index contributed by atoms with van der Waals surface area (Å²) in [4.78, 5) is 9.23. The molecule has 0 spiro atoms. The second kappa shape index (κ2) is 2.66. The van der Waals surface area contributed by atoms with Crippen LogP contribution in [0.2, 0.25) is 0 Å². The summed E-state index contributed by atoms with van der Waals surface area (Å²) in [6, 6.07) is 0. The Labute approximate surface area is 35.5 Å². The zero-order valence-corrected chi connectivity index (χ0v) is 3.42. The van der Waals surface area contributed by atoms with Gasteiger partial charge in [0.05, 0.1) is 0 Å². The monoisotopic (exact) mass is 90.0 g/mol. The topological polar surface area (TPSA) is 46.5 Å². The van der Waals surface area contributed by atoms with E-state index in [1.165, 1.54) is 6.92 Å². The van der Waals surface area contributed by atoms with Gasteiger partial charge in [0, 0.05) is 0 Å². The van der Waals surface area contributed by atoms with Crippen molar-refractivity contribution in [3.8, 4) is 0 Å². The minimum Gasteiger partial charge on any atom is -0.438 e. The summed E-state index contributed by atoms with van der Waals surface area (Å²) in [6.45, 7) is 1.55. The van der Waals surface area contributed by atoms with Crippen LogP contribution in [0.15, 0.2) is 0 Å². The smallest absolute Gasteiger partial charge is 0.295 e. The number of aliphatic hydroxyl groups excluding tert-OH is 1. The Morgan fingerprint density at radius 3 is 2.50 bits per heavy atom. The van der Waals surface area contributed by atoms with Gasteiger partial charge in [-0.3, -0.25) is 4.79 Å². The first-order valence-electron chi connectivity index (χ1n) is 1.54. The molecule has 0 saturated heterocycles. The molecule has 0 heterocycles. The fourth-order valence-electron chi connectivity index (χ4n) is 0.0804. The third kappa shape index (κ3) is 3.43. The number of carbonyl (C=O) groups is 1. The number of aliphatic hydroxyl groups is 1. The summed E-state index contributed by atoms with van der Waals surface area (Å²) in [5, 5.41) is 8.10. The zero-order valence-electron chi connectivity index (χ0n) is 3.42. The van der Waals surface area contributed by atoms with Crippen LogP contribution in [-0.4, -0.2) is 17.9 Å². The molecule has 0 saturated carbocycles. The van der Waals surface area contributed by atoms with Crippen LogP contribution in [0.4, 0.5) is 0 Å². The maximum atomic E-state index is 9.23. The Morgan fingerprint density at radius 2 is 2.50 bits per heavy atom. The first-order chi connectivity index (χ1) is 2.77. The molecule has 0 aliphatic carbocycles. The molecule has 0 radical (unpaired) electrons. The van der Waals surface area contributed by atoms with E-state index in [2.05, 4.69) is 4.74 Å². The summed E-state index contributed by atoms with van der Waals surface area (Å²) in [5.41, 5.74) is 0. The predicted octanol–water partition coefficient (Wildman–Crippen LogP) is -0.502. The number of hydrogen-bond donors (Lipinski definition) is 1. The van der Waals surface area contributed by atoms with Crippen molar-refractivity contribution in [1.82, 2.24) is 0 Å². The molecule has 3 heteroatoms. The normalized spacial score (nSPS) is 13.0. The maximum absolute atomic E-state index is 9.23. The molecule has 0 aromatic heterocycles. The molecule has 0 rings (SSSR count). The van der Waals surface area contributed by atoms with Gasteiger partial charge in [0.1, 0.15) is 0 Å². The first kappa shape index (κ1) is 5.43. The highest BCUT2D eigenvalue weighted by atomic mass is 16.6. The summed E-state index contributed by atoms with van der Waals surface area (Å²) in [6.07, 6.45) is -0.970. The number of ether oxygens (including phenoxy) is 1. The molecular weight excluding hydrogens is 84.0 g/mol. The van der Waals surface area contributed by atoms with E-state index < -0.39 is 6.29 Å². The van der Waals surface area contributed by atoms with Gasteiger partial charge in [0.15, 0.2) is 6.29 Å². The molecule has 36 valence electrons. The highest BCUT2D eigenvalue weighted by Gasteiger charge is 1.85. The van der Waals surface area contributed by atoms with Crippen molar-refractivity contribution >= 4 is 6.47 Å². The molecular formula is C3H6O3. The first-order valence-corrected chi connectivity index (χ1v) is 1.54. The van der Waals surface area contributed by atoms with Gasteiger partial charge < -0.3 is 9.84 Å². The van der Waals surface area contributed by atoms with Crippen LogP contribution in [0.5, 0.6) is 0 Å². The SMILES string of the molecule is C[C@H](O)OC=O. The van der Waals surface area contributed by atoms with Crippen molar-refractivity contribution in [1.29, 1.82) is 0 Å². The van der Waals surface area contributed by atoms with Crippen molar-refractivity contribution in [2.24, 2.45) is 0 Å². The van der Waals surface area contributed by atoms with Crippen molar-refractivity contribution in [3.05, 3.63) is 0 Å². The second-order valence-corrected chi connectivity index (χ2v) is 0.832. The average molecular weight is 90.1 g/mol. The Bertz CT molecular complexity index is 41.3. The molecule has 1 atom stereocenters. The van der Waals surface area contributed by atoms with Gasteiger partial charge in [-0.2, -0.15) is 0 Å². The van der Waals surface area contributed by atoms with E-state index in [9.17, 15) is 4.79 Å². The Hall–Kier alpha value is -0.570. The van der Waals surface area contributed by atoms with Crippen LogP contribution < -0.4 is 0 Å². The Balaban J connectivity index is 2.81. The summed E-state index contributed by atoms with van der Waals surface area (Å²) >= 11 is 0. The molecule has 0 fully saturated rings. The van der Waals surface area contributed by atoms with Gasteiger partial charge in [-0.25, -0.2) is 0 Å². The Morgan fingerprint density at radius 1 is 2.00 bits per heavy atom. The van der Waals surface area contributed by atoms with Crippen LogP contribution in [0.1, 0.15) is 6.92 Å². The van der Waals surface area contributed by atoms with Crippen molar-refractivity contribution in [2.75, 3.05) is 0 Å². The molecule has 6 heavy (non-hydrogen) atoms. The lowest BCUT2D eigenvalue weighted by Crippen LogP contribution is -2.02. The molecule has 1 N–H and O–H groups in total. The number of rotatable bonds is 2. The fourth-order valence-corrected chi connectivity index (χ4v) is 0.0804. The van der Waals surface area contributed by atoms with E-state index in [-0.39, 0.29) is 6.47 Å². The third-order valence-electron chi connectivity index (χ3n) is 0.252. The van der Waals surface area contributed by atoms with Crippen LogP contribution in [0.25, 0.3) is 0 Å². The minimum absolute atomic E-state index is 0.199. The van der Waals surface area contributed by atoms with Crippen LogP contribution in [0.3, 0.4) is 0 Å². The molecule has 0 aromatic rings. The standard InChI is InChI=1S/C3H6O3/c1-3(5)6-2-4/h2-3,5H,1H3/t3-/m1/s1. The summed E-state index contributed by atoms with van der Waals surface area (Å²) < 4.78 is 3.92. The predicted molar refractivity (Wildman–Crippen MR) is 18.8 cm³/mol. The van der Waals surface area contributed by atoms with Crippen LogP contribution >= 0.6 is 0 Å². The van der Waals surface area contributed by atoms with E-state index in [4.69, 9.17) is 5.11 Å². The van der Waals surface area contributed by atoms with E-state index in [1.807, 2.05) is 0 Å².